The number of ether oxygens (including phenoxy) is 1. The Kier molecular flexibility index (Phi) is 4.23. The maximum absolute atomic E-state index is 12.0. The van der Waals surface area contributed by atoms with E-state index in [9.17, 15) is 13.2 Å². The fourth-order valence-corrected chi connectivity index (χ4v) is 2.83. The molecule has 0 aliphatic rings. The Hall–Kier alpha value is -1.69. The summed E-state index contributed by atoms with van der Waals surface area (Å²) in [5.41, 5.74) is 1.95. The zero-order valence-electron chi connectivity index (χ0n) is 11.0. The minimum absolute atomic E-state index is 0.101. The number of hydrogen-bond donors (Lipinski definition) is 1. The number of thiophene rings is 1. The second-order valence-corrected chi connectivity index (χ2v) is 5.35. The van der Waals surface area contributed by atoms with Gasteiger partial charge in [-0.15, -0.1) is 24.5 Å². The fourth-order valence-electron chi connectivity index (χ4n) is 1.90. The Bertz CT molecular complexity index is 563. The van der Waals surface area contributed by atoms with E-state index in [1.165, 1.54) is 22.6 Å². The Morgan fingerprint density at radius 1 is 1.15 bits per heavy atom. The second kappa shape index (κ2) is 5.75. The lowest BCUT2D eigenvalue weighted by Gasteiger charge is -2.15. The molecule has 0 fully saturated rings. The van der Waals surface area contributed by atoms with E-state index in [2.05, 4.69) is 10.1 Å². The predicted octanol–water partition coefficient (Wildman–Crippen LogP) is 5.13. The third-order valence-electron chi connectivity index (χ3n) is 2.77. The van der Waals surface area contributed by atoms with Gasteiger partial charge in [-0.05, 0) is 55.1 Å². The van der Waals surface area contributed by atoms with Crippen LogP contribution in [0.15, 0.2) is 35.7 Å². The molecular formula is C14H14F3NOS. The molecule has 2 rings (SSSR count). The molecule has 1 aromatic heterocycles. The third-order valence-corrected chi connectivity index (χ3v) is 3.97. The van der Waals surface area contributed by atoms with Crippen LogP contribution in [0.4, 0.5) is 18.9 Å². The van der Waals surface area contributed by atoms with E-state index in [-0.39, 0.29) is 11.8 Å². The molecule has 0 saturated heterocycles. The van der Waals surface area contributed by atoms with Gasteiger partial charge in [0.2, 0.25) is 0 Å². The monoisotopic (exact) mass is 301 g/mol. The summed E-state index contributed by atoms with van der Waals surface area (Å²) in [6.07, 6.45) is -4.66. The van der Waals surface area contributed by atoms with Gasteiger partial charge in [-0.25, -0.2) is 0 Å². The van der Waals surface area contributed by atoms with Crippen molar-refractivity contribution >= 4 is 17.0 Å². The summed E-state index contributed by atoms with van der Waals surface area (Å²) >= 11 is 1.65. The molecule has 1 unspecified atom stereocenters. The van der Waals surface area contributed by atoms with Crippen LogP contribution < -0.4 is 10.1 Å². The molecule has 0 aliphatic carbocycles. The number of hydrogen-bond acceptors (Lipinski definition) is 3. The van der Waals surface area contributed by atoms with Crippen molar-refractivity contribution in [3.63, 3.8) is 0 Å². The van der Waals surface area contributed by atoms with E-state index in [1.807, 2.05) is 25.3 Å². The normalized spacial score (nSPS) is 13.1. The summed E-state index contributed by atoms with van der Waals surface area (Å²) in [6, 6.07) is 7.87. The van der Waals surface area contributed by atoms with E-state index in [1.54, 1.807) is 23.5 Å². The summed E-state index contributed by atoms with van der Waals surface area (Å²) in [6.45, 7) is 4.04. The Labute approximate surface area is 119 Å². The molecule has 1 aromatic carbocycles. The quantitative estimate of drug-likeness (QED) is 0.845. The molecule has 6 heteroatoms. The van der Waals surface area contributed by atoms with Gasteiger partial charge in [-0.1, -0.05) is 0 Å². The first-order valence-electron chi connectivity index (χ1n) is 6.01. The fraction of sp³-hybridized carbons (Fsp3) is 0.286. The van der Waals surface area contributed by atoms with Crippen molar-refractivity contribution in [2.75, 3.05) is 5.32 Å². The maximum atomic E-state index is 12.0. The van der Waals surface area contributed by atoms with Crippen molar-refractivity contribution in [1.82, 2.24) is 0 Å². The maximum Gasteiger partial charge on any atom is 0.573 e. The lowest BCUT2D eigenvalue weighted by Crippen LogP contribution is -2.17. The molecule has 0 aliphatic heterocycles. The van der Waals surface area contributed by atoms with Gasteiger partial charge < -0.3 is 10.1 Å². The highest BCUT2D eigenvalue weighted by molar-refractivity contribution is 7.10. The van der Waals surface area contributed by atoms with Crippen molar-refractivity contribution in [1.29, 1.82) is 0 Å². The van der Waals surface area contributed by atoms with Gasteiger partial charge in [0.05, 0.1) is 6.04 Å². The summed E-state index contributed by atoms with van der Waals surface area (Å²) < 4.78 is 40.0. The van der Waals surface area contributed by atoms with Gasteiger partial charge in [0.1, 0.15) is 5.75 Å². The largest absolute Gasteiger partial charge is 0.573 e. The van der Waals surface area contributed by atoms with Crippen molar-refractivity contribution in [3.05, 3.63) is 46.2 Å². The SMILES string of the molecule is Cc1ccsc1C(C)Nc1ccc(OC(F)(F)F)cc1. The van der Waals surface area contributed by atoms with E-state index in [0.29, 0.717) is 0 Å². The second-order valence-electron chi connectivity index (χ2n) is 4.41. The lowest BCUT2D eigenvalue weighted by molar-refractivity contribution is -0.274. The molecule has 1 heterocycles. The van der Waals surface area contributed by atoms with Crippen LogP contribution in [-0.2, 0) is 0 Å². The zero-order chi connectivity index (χ0) is 14.8. The molecule has 0 amide bonds. The third kappa shape index (κ3) is 3.90. The van der Waals surface area contributed by atoms with Crippen molar-refractivity contribution < 1.29 is 17.9 Å². The minimum Gasteiger partial charge on any atom is -0.406 e. The molecule has 1 atom stereocenters. The summed E-state index contributed by atoms with van der Waals surface area (Å²) in [5.74, 6) is -0.219. The van der Waals surface area contributed by atoms with Crippen molar-refractivity contribution in [2.24, 2.45) is 0 Å². The molecule has 1 N–H and O–H groups in total. The molecule has 108 valence electrons. The van der Waals surface area contributed by atoms with Crippen LogP contribution >= 0.6 is 11.3 Å². The first-order chi connectivity index (χ1) is 9.35. The number of aryl methyl sites for hydroxylation is 1. The Balaban J connectivity index is 2.02. The van der Waals surface area contributed by atoms with E-state index in [4.69, 9.17) is 0 Å². The van der Waals surface area contributed by atoms with Gasteiger partial charge in [-0.2, -0.15) is 0 Å². The zero-order valence-corrected chi connectivity index (χ0v) is 11.8. The van der Waals surface area contributed by atoms with Crippen molar-refractivity contribution in [3.8, 4) is 5.75 Å². The highest BCUT2D eigenvalue weighted by Crippen LogP contribution is 2.28. The molecule has 0 bridgehead atoms. The smallest absolute Gasteiger partial charge is 0.406 e. The number of halogens is 3. The average Bonchev–Trinajstić information content (AvgIpc) is 2.76. The highest BCUT2D eigenvalue weighted by Gasteiger charge is 2.30. The van der Waals surface area contributed by atoms with Crippen LogP contribution in [0.3, 0.4) is 0 Å². The van der Waals surface area contributed by atoms with Gasteiger partial charge in [0.15, 0.2) is 0 Å². The van der Waals surface area contributed by atoms with Gasteiger partial charge in [-0.3, -0.25) is 0 Å². The topological polar surface area (TPSA) is 21.3 Å². The van der Waals surface area contributed by atoms with Gasteiger partial charge in [0.25, 0.3) is 0 Å². The number of anilines is 1. The van der Waals surface area contributed by atoms with Crippen molar-refractivity contribution in [2.45, 2.75) is 26.3 Å². The van der Waals surface area contributed by atoms with Crippen LogP contribution in [0.5, 0.6) is 5.75 Å². The number of nitrogens with one attached hydrogen (secondary N) is 1. The highest BCUT2D eigenvalue weighted by atomic mass is 32.1. The molecule has 0 saturated carbocycles. The number of rotatable bonds is 4. The molecule has 0 radical (unpaired) electrons. The van der Waals surface area contributed by atoms with Crippen LogP contribution in [0, 0.1) is 6.92 Å². The lowest BCUT2D eigenvalue weighted by atomic mass is 10.2. The molecule has 0 spiro atoms. The number of benzene rings is 1. The van der Waals surface area contributed by atoms with Crippen LogP contribution in [0.1, 0.15) is 23.4 Å². The molecule has 2 aromatic rings. The van der Waals surface area contributed by atoms with Crippen LogP contribution in [-0.4, -0.2) is 6.36 Å². The summed E-state index contributed by atoms with van der Waals surface area (Å²) in [4.78, 5) is 1.21. The van der Waals surface area contributed by atoms with Crippen LogP contribution in [0.2, 0.25) is 0 Å². The number of alkyl halides is 3. The average molecular weight is 301 g/mol. The van der Waals surface area contributed by atoms with E-state index >= 15 is 0 Å². The predicted molar refractivity (Wildman–Crippen MR) is 74.2 cm³/mol. The van der Waals surface area contributed by atoms with E-state index in [0.717, 1.165) is 5.69 Å². The first-order valence-corrected chi connectivity index (χ1v) is 6.89. The standard InChI is InChI=1S/C14H14F3NOS/c1-9-7-8-20-13(9)10(2)18-11-3-5-12(6-4-11)19-14(15,16)17/h3-8,10,18H,1-2H3. The molecule has 20 heavy (non-hydrogen) atoms. The molecule has 2 nitrogen and oxygen atoms in total. The minimum atomic E-state index is -4.66. The van der Waals surface area contributed by atoms with Crippen LogP contribution in [0.25, 0.3) is 0 Å². The van der Waals surface area contributed by atoms with Gasteiger partial charge >= 0.3 is 6.36 Å². The molecular weight excluding hydrogens is 287 g/mol. The summed E-state index contributed by atoms with van der Waals surface area (Å²) in [7, 11) is 0. The van der Waals surface area contributed by atoms with Gasteiger partial charge in [0, 0.05) is 10.6 Å². The first kappa shape index (κ1) is 14.7. The summed E-state index contributed by atoms with van der Waals surface area (Å²) in [5, 5.41) is 5.27. The Morgan fingerprint density at radius 2 is 1.80 bits per heavy atom. The Morgan fingerprint density at radius 3 is 2.30 bits per heavy atom. The van der Waals surface area contributed by atoms with E-state index < -0.39 is 6.36 Å².